The van der Waals surface area contributed by atoms with Crippen molar-refractivity contribution in [3.63, 3.8) is 0 Å². The molecule has 0 saturated heterocycles. The highest BCUT2D eigenvalue weighted by atomic mass is 14.9. The first-order chi connectivity index (χ1) is 12.7. The Kier molecular flexibility index (Phi) is 4.32. The minimum atomic E-state index is 1.20. The maximum absolute atomic E-state index is 2.27. The van der Waals surface area contributed by atoms with Crippen LogP contribution in [0.1, 0.15) is 0 Å². The smallest absolute Gasteiger partial charge is 0.208 e. The van der Waals surface area contributed by atoms with Crippen molar-refractivity contribution < 1.29 is 9.13 Å². The molecule has 26 heavy (non-hydrogen) atoms. The van der Waals surface area contributed by atoms with E-state index < -0.39 is 0 Å². The van der Waals surface area contributed by atoms with E-state index >= 15 is 0 Å². The van der Waals surface area contributed by atoms with Crippen molar-refractivity contribution in [1.82, 2.24) is 0 Å². The van der Waals surface area contributed by atoms with Crippen LogP contribution in [-0.4, -0.2) is 0 Å². The van der Waals surface area contributed by atoms with Gasteiger partial charge in [-0.15, -0.1) is 0 Å². The van der Waals surface area contributed by atoms with Crippen molar-refractivity contribution in [1.29, 1.82) is 0 Å². The maximum atomic E-state index is 2.27. The summed E-state index contributed by atoms with van der Waals surface area (Å²) < 4.78 is 4.33. The van der Waals surface area contributed by atoms with Crippen LogP contribution < -0.4 is 9.13 Å². The fraction of sp³-hybridized carbons (Fsp3) is 0.0833. The molecule has 0 atom stereocenters. The predicted octanol–water partition coefficient (Wildman–Crippen LogP) is 4.34. The van der Waals surface area contributed by atoms with E-state index in [9.17, 15) is 0 Å². The van der Waals surface area contributed by atoms with Crippen LogP contribution in [0, 0.1) is 0 Å². The third-order valence-electron chi connectivity index (χ3n) is 4.76. The summed E-state index contributed by atoms with van der Waals surface area (Å²) in [6.07, 6.45) is 4.18. The molecular weight excluding hydrogens is 316 g/mol. The normalized spacial score (nSPS) is 10.7. The van der Waals surface area contributed by atoms with Crippen molar-refractivity contribution in [2.45, 2.75) is 0 Å². The molecule has 0 spiro atoms. The lowest BCUT2D eigenvalue weighted by Gasteiger charge is -2.09. The summed E-state index contributed by atoms with van der Waals surface area (Å²) >= 11 is 0. The number of pyridine rings is 2. The van der Waals surface area contributed by atoms with E-state index in [0.29, 0.717) is 0 Å². The summed E-state index contributed by atoms with van der Waals surface area (Å²) in [6, 6.07) is 30.0. The van der Waals surface area contributed by atoms with Crippen molar-refractivity contribution in [2.75, 3.05) is 0 Å². The fourth-order valence-corrected chi connectivity index (χ4v) is 3.29. The van der Waals surface area contributed by atoms with Crippen molar-refractivity contribution in [3.8, 4) is 33.6 Å². The Morgan fingerprint density at radius 1 is 0.500 bits per heavy atom. The highest BCUT2D eigenvalue weighted by molar-refractivity contribution is 5.73. The lowest BCUT2D eigenvalue weighted by molar-refractivity contribution is -0.671. The SMILES string of the molecule is C[n+]1ccc(-c2cc(-c3ccccc3)[n+](C)c(-c3ccccc3)c2)cc1. The molecule has 2 heterocycles. The van der Waals surface area contributed by atoms with E-state index in [2.05, 4.69) is 114 Å². The molecule has 0 aliphatic carbocycles. The van der Waals surface area contributed by atoms with E-state index in [4.69, 9.17) is 0 Å². The first-order valence-electron chi connectivity index (χ1n) is 8.83. The number of aryl methyl sites for hydroxylation is 1. The van der Waals surface area contributed by atoms with Crippen molar-refractivity contribution in [2.24, 2.45) is 14.1 Å². The van der Waals surface area contributed by atoms with E-state index in [-0.39, 0.29) is 0 Å². The van der Waals surface area contributed by atoms with Crippen molar-refractivity contribution in [3.05, 3.63) is 97.3 Å². The zero-order valence-electron chi connectivity index (χ0n) is 15.1. The van der Waals surface area contributed by atoms with Crippen LogP contribution in [-0.2, 0) is 14.1 Å². The standard InChI is InChI=1S/C24H22N2/c1-25-15-13-19(14-16-25)22-17-23(20-9-5-3-6-10-20)26(2)24(18-22)21-11-7-4-8-12-21/h3-18H,1-2H3/q+2. The molecule has 0 aliphatic heterocycles. The Hall–Kier alpha value is -3.26. The fourth-order valence-electron chi connectivity index (χ4n) is 3.29. The Balaban J connectivity index is 1.97. The molecular formula is C24H22N2+2. The number of aromatic nitrogens is 2. The lowest BCUT2D eigenvalue weighted by atomic mass is 10.00. The molecule has 2 heteroatoms. The van der Waals surface area contributed by atoms with Crippen LogP contribution in [0.15, 0.2) is 97.3 Å². The Bertz CT molecular complexity index is 960. The van der Waals surface area contributed by atoms with Gasteiger partial charge in [0.15, 0.2) is 12.4 Å². The number of hydrogen-bond acceptors (Lipinski definition) is 0. The van der Waals surface area contributed by atoms with Gasteiger partial charge in [0.2, 0.25) is 11.4 Å². The molecule has 2 nitrogen and oxygen atoms in total. The van der Waals surface area contributed by atoms with Crippen LogP contribution in [0.25, 0.3) is 33.6 Å². The molecule has 0 fully saturated rings. The Labute approximate surface area is 154 Å². The van der Waals surface area contributed by atoms with Gasteiger partial charge in [-0.1, -0.05) is 36.4 Å². The highest BCUT2D eigenvalue weighted by Crippen LogP contribution is 2.28. The minimum Gasteiger partial charge on any atom is -0.208 e. The first kappa shape index (κ1) is 16.2. The zero-order valence-corrected chi connectivity index (χ0v) is 15.1. The van der Waals surface area contributed by atoms with Gasteiger partial charge in [0.05, 0.1) is 0 Å². The molecule has 0 saturated carbocycles. The highest BCUT2D eigenvalue weighted by Gasteiger charge is 2.19. The van der Waals surface area contributed by atoms with Gasteiger partial charge in [-0.3, -0.25) is 0 Å². The molecule has 2 aromatic heterocycles. The minimum absolute atomic E-state index is 1.20. The zero-order chi connectivity index (χ0) is 17.9. The molecule has 0 bridgehead atoms. The number of nitrogens with zero attached hydrogens (tertiary/aromatic N) is 2. The second-order valence-corrected chi connectivity index (χ2v) is 6.56. The number of benzene rings is 2. The Morgan fingerprint density at radius 3 is 1.42 bits per heavy atom. The Morgan fingerprint density at radius 2 is 0.962 bits per heavy atom. The quantitative estimate of drug-likeness (QED) is 0.491. The van der Waals surface area contributed by atoms with E-state index in [1.54, 1.807) is 0 Å². The molecule has 126 valence electrons. The summed E-state index contributed by atoms with van der Waals surface area (Å²) in [5, 5.41) is 0. The van der Waals surface area contributed by atoms with Gasteiger partial charge in [-0.2, -0.15) is 4.57 Å². The second kappa shape index (κ2) is 6.93. The molecule has 4 rings (SSSR count). The van der Waals surface area contributed by atoms with Gasteiger partial charge in [-0.05, 0) is 35.4 Å². The monoisotopic (exact) mass is 338 g/mol. The summed E-state index contributed by atoms with van der Waals surface area (Å²) in [6.45, 7) is 0. The van der Waals surface area contributed by atoms with Gasteiger partial charge in [0, 0.05) is 35.4 Å². The largest absolute Gasteiger partial charge is 0.213 e. The van der Waals surface area contributed by atoms with Crippen LogP contribution >= 0.6 is 0 Å². The summed E-state index contributed by atoms with van der Waals surface area (Å²) in [4.78, 5) is 0. The molecule has 0 amide bonds. The maximum Gasteiger partial charge on any atom is 0.213 e. The summed E-state index contributed by atoms with van der Waals surface area (Å²) in [7, 11) is 4.18. The second-order valence-electron chi connectivity index (χ2n) is 6.56. The first-order valence-corrected chi connectivity index (χ1v) is 8.83. The van der Waals surface area contributed by atoms with E-state index in [1.165, 1.54) is 33.6 Å². The lowest BCUT2D eigenvalue weighted by Crippen LogP contribution is -2.34. The van der Waals surface area contributed by atoms with Gasteiger partial charge in [0.1, 0.15) is 14.1 Å². The molecule has 4 aromatic rings. The van der Waals surface area contributed by atoms with Crippen LogP contribution in [0.5, 0.6) is 0 Å². The molecule has 0 unspecified atom stereocenters. The average Bonchev–Trinajstić information content (AvgIpc) is 2.70. The van der Waals surface area contributed by atoms with Crippen molar-refractivity contribution >= 4 is 0 Å². The van der Waals surface area contributed by atoms with Gasteiger partial charge in [-0.25, -0.2) is 4.57 Å². The number of hydrogen-bond donors (Lipinski definition) is 0. The predicted molar refractivity (Wildman–Crippen MR) is 105 cm³/mol. The van der Waals surface area contributed by atoms with Crippen LogP contribution in [0.2, 0.25) is 0 Å². The third-order valence-corrected chi connectivity index (χ3v) is 4.76. The van der Waals surface area contributed by atoms with Gasteiger partial charge in [0.25, 0.3) is 0 Å². The average molecular weight is 338 g/mol. The molecule has 0 aliphatic rings. The topological polar surface area (TPSA) is 7.76 Å². The molecule has 0 radical (unpaired) electrons. The molecule has 2 aromatic carbocycles. The van der Waals surface area contributed by atoms with Gasteiger partial charge < -0.3 is 0 Å². The molecule has 0 N–H and O–H groups in total. The van der Waals surface area contributed by atoms with E-state index in [0.717, 1.165) is 0 Å². The van der Waals surface area contributed by atoms with Crippen LogP contribution in [0.3, 0.4) is 0 Å². The van der Waals surface area contributed by atoms with E-state index in [1.807, 2.05) is 7.05 Å². The van der Waals surface area contributed by atoms with Crippen LogP contribution in [0.4, 0.5) is 0 Å². The number of rotatable bonds is 3. The van der Waals surface area contributed by atoms with Gasteiger partial charge >= 0.3 is 0 Å². The third kappa shape index (κ3) is 3.14. The summed E-state index contributed by atoms with van der Waals surface area (Å²) in [5.74, 6) is 0. The summed E-state index contributed by atoms with van der Waals surface area (Å²) in [5.41, 5.74) is 7.29.